The number of hydrogen-bond acceptors (Lipinski definition) is 1. The van der Waals surface area contributed by atoms with Crippen LogP contribution in [0.1, 0.15) is 32.1 Å². The van der Waals surface area contributed by atoms with Crippen molar-refractivity contribution < 1.29 is 4.79 Å². The third-order valence-corrected chi connectivity index (χ3v) is 2.46. The minimum absolute atomic E-state index is 0.264. The molecule has 0 aromatic heterocycles. The van der Waals surface area contributed by atoms with Crippen molar-refractivity contribution in [3.8, 4) is 0 Å². The highest BCUT2D eigenvalue weighted by atomic mass is 79.9. The molecule has 0 spiro atoms. The molecule has 0 amide bonds. The molecule has 10 heavy (non-hydrogen) atoms. The van der Waals surface area contributed by atoms with Crippen LogP contribution < -0.4 is 0 Å². The van der Waals surface area contributed by atoms with Gasteiger partial charge in [-0.1, -0.05) is 12.5 Å². The number of rotatable bonds is 0. The predicted molar refractivity (Wildman–Crippen MR) is 45.1 cm³/mol. The fraction of sp³-hybridized carbons (Fsp3) is 0.625. The molecule has 1 nitrogen and oxygen atoms in total. The van der Waals surface area contributed by atoms with Crippen molar-refractivity contribution in [1.29, 1.82) is 0 Å². The molecule has 0 saturated heterocycles. The third kappa shape index (κ3) is 2.25. The van der Waals surface area contributed by atoms with Crippen LogP contribution in [0.2, 0.25) is 0 Å². The summed E-state index contributed by atoms with van der Waals surface area (Å²) in [5.74, 6) is 0.264. The van der Waals surface area contributed by atoms with Gasteiger partial charge in [0.05, 0.1) is 4.48 Å². The molecule has 0 aliphatic heterocycles. The molecule has 2 heteroatoms. The Bertz CT molecular complexity index is 161. The fourth-order valence-electron chi connectivity index (χ4n) is 1.07. The van der Waals surface area contributed by atoms with Gasteiger partial charge in [0.1, 0.15) is 0 Å². The van der Waals surface area contributed by atoms with Gasteiger partial charge < -0.3 is 0 Å². The second-order valence-corrected chi connectivity index (χ2v) is 3.43. The highest BCUT2D eigenvalue weighted by molar-refractivity contribution is 9.12. The van der Waals surface area contributed by atoms with Crippen molar-refractivity contribution in [1.82, 2.24) is 0 Å². The summed E-state index contributed by atoms with van der Waals surface area (Å²) in [6.45, 7) is 0. The lowest BCUT2D eigenvalue weighted by molar-refractivity contribution is -0.115. The molecule has 56 valence electrons. The molecule has 0 fully saturated rings. The zero-order chi connectivity index (χ0) is 7.40. The van der Waals surface area contributed by atoms with Crippen molar-refractivity contribution >= 4 is 21.7 Å². The van der Waals surface area contributed by atoms with E-state index in [0.717, 1.165) is 23.7 Å². The molecule has 1 aliphatic rings. The van der Waals surface area contributed by atoms with Gasteiger partial charge in [0.2, 0.25) is 0 Å². The average molecular weight is 203 g/mol. The van der Waals surface area contributed by atoms with Gasteiger partial charge in [-0.15, -0.1) is 0 Å². The van der Waals surface area contributed by atoms with Gasteiger partial charge in [-0.25, -0.2) is 0 Å². The van der Waals surface area contributed by atoms with E-state index in [0.29, 0.717) is 0 Å². The lowest BCUT2D eigenvalue weighted by Gasteiger charge is -2.03. The summed E-state index contributed by atoms with van der Waals surface area (Å²) >= 11 is 3.25. The minimum atomic E-state index is 0.264. The molecule has 0 saturated carbocycles. The zero-order valence-electron chi connectivity index (χ0n) is 5.90. The van der Waals surface area contributed by atoms with Crippen LogP contribution in [0.15, 0.2) is 10.6 Å². The standard InChI is InChI=1S/C8H11BrO/c9-7-5-3-1-2-4-6-8(7)10/h5H,1-4,6H2/b7-5+. The number of halogens is 1. The molecule has 1 aliphatic carbocycles. The summed E-state index contributed by atoms with van der Waals surface area (Å²) in [6, 6.07) is 0. The quantitative estimate of drug-likeness (QED) is 0.591. The summed E-state index contributed by atoms with van der Waals surface area (Å²) in [5, 5.41) is 0. The average Bonchev–Trinajstić information content (AvgIpc) is 1.92. The Kier molecular flexibility index (Phi) is 3.13. The Balaban J connectivity index is 2.56. The number of hydrogen-bond donors (Lipinski definition) is 0. The summed E-state index contributed by atoms with van der Waals surface area (Å²) < 4.78 is 0.784. The molecular formula is C8H11BrO. The van der Waals surface area contributed by atoms with Gasteiger partial charge >= 0.3 is 0 Å². The fourth-order valence-corrected chi connectivity index (χ4v) is 1.50. The van der Waals surface area contributed by atoms with E-state index in [4.69, 9.17) is 0 Å². The SMILES string of the molecule is O=C1CCCCC/C=C\1Br. The number of ketones is 1. The molecule has 1 rings (SSSR count). The second kappa shape index (κ2) is 3.91. The Hall–Kier alpha value is -0.110. The van der Waals surface area contributed by atoms with Crippen molar-refractivity contribution in [3.05, 3.63) is 10.6 Å². The van der Waals surface area contributed by atoms with Crippen molar-refractivity contribution in [2.75, 3.05) is 0 Å². The van der Waals surface area contributed by atoms with Crippen LogP contribution in [0.5, 0.6) is 0 Å². The number of allylic oxidation sites excluding steroid dienone is 2. The summed E-state index contributed by atoms with van der Waals surface area (Å²) in [6.07, 6.45) is 7.23. The van der Waals surface area contributed by atoms with Gasteiger partial charge in [0.25, 0.3) is 0 Å². The van der Waals surface area contributed by atoms with Crippen LogP contribution in [-0.2, 0) is 4.79 Å². The van der Waals surface area contributed by atoms with E-state index in [1.165, 1.54) is 12.8 Å². The first-order valence-electron chi connectivity index (χ1n) is 3.69. The lowest BCUT2D eigenvalue weighted by atomic mass is 10.1. The van der Waals surface area contributed by atoms with Gasteiger partial charge in [0, 0.05) is 6.42 Å². The molecule has 0 unspecified atom stereocenters. The second-order valence-electron chi connectivity index (χ2n) is 2.57. The van der Waals surface area contributed by atoms with Crippen LogP contribution in [0.25, 0.3) is 0 Å². The zero-order valence-corrected chi connectivity index (χ0v) is 7.49. The first-order valence-corrected chi connectivity index (χ1v) is 4.49. The van der Waals surface area contributed by atoms with Crippen molar-refractivity contribution in [3.63, 3.8) is 0 Å². The van der Waals surface area contributed by atoms with Crippen LogP contribution in [0, 0.1) is 0 Å². The van der Waals surface area contributed by atoms with E-state index in [-0.39, 0.29) is 5.78 Å². The Morgan fingerprint density at radius 2 is 2.10 bits per heavy atom. The maximum absolute atomic E-state index is 11.1. The van der Waals surface area contributed by atoms with Crippen LogP contribution in [0.4, 0.5) is 0 Å². The molecule has 0 heterocycles. The number of carbonyl (C=O) groups excluding carboxylic acids is 1. The normalized spacial score (nSPS) is 26.5. The third-order valence-electron chi connectivity index (χ3n) is 1.70. The van der Waals surface area contributed by atoms with Gasteiger partial charge in [-0.05, 0) is 35.2 Å². The van der Waals surface area contributed by atoms with Crippen LogP contribution in [0.3, 0.4) is 0 Å². The summed E-state index contributed by atoms with van der Waals surface area (Å²) in [5.41, 5.74) is 0. The first-order chi connectivity index (χ1) is 4.80. The Morgan fingerprint density at radius 3 is 2.90 bits per heavy atom. The number of Topliss-reactive ketones (excluding diaryl/α,β-unsaturated/α-hetero) is 1. The Labute approximate surface area is 69.6 Å². The largest absolute Gasteiger partial charge is 0.294 e. The van der Waals surface area contributed by atoms with E-state index in [2.05, 4.69) is 15.9 Å². The van der Waals surface area contributed by atoms with Gasteiger partial charge in [-0.2, -0.15) is 0 Å². The van der Waals surface area contributed by atoms with Crippen LogP contribution in [-0.4, -0.2) is 5.78 Å². The predicted octanol–water partition coefficient (Wildman–Crippen LogP) is 2.80. The lowest BCUT2D eigenvalue weighted by Crippen LogP contribution is -1.99. The van der Waals surface area contributed by atoms with Crippen molar-refractivity contribution in [2.45, 2.75) is 32.1 Å². The van der Waals surface area contributed by atoms with E-state index >= 15 is 0 Å². The van der Waals surface area contributed by atoms with Gasteiger partial charge in [0.15, 0.2) is 5.78 Å². The molecule has 0 N–H and O–H groups in total. The first kappa shape index (κ1) is 7.99. The van der Waals surface area contributed by atoms with E-state index in [1.807, 2.05) is 6.08 Å². The number of carbonyl (C=O) groups is 1. The summed E-state index contributed by atoms with van der Waals surface area (Å²) in [4.78, 5) is 11.1. The molecule has 0 aromatic carbocycles. The molecule has 0 radical (unpaired) electrons. The van der Waals surface area contributed by atoms with Gasteiger partial charge in [-0.3, -0.25) is 4.79 Å². The topological polar surface area (TPSA) is 17.1 Å². The molecule has 0 atom stereocenters. The maximum Gasteiger partial charge on any atom is 0.169 e. The highest BCUT2D eigenvalue weighted by Gasteiger charge is 2.07. The van der Waals surface area contributed by atoms with Crippen molar-refractivity contribution in [2.24, 2.45) is 0 Å². The van der Waals surface area contributed by atoms with E-state index in [9.17, 15) is 4.79 Å². The minimum Gasteiger partial charge on any atom is -0.294 e. The summed E-state index contributed by atoms with van der Waals surface area (Å²) in [7, 11) is 0. The molecule has 0 aromatic rings. The molecular weight excluding hydrogens is 192 g/mol. The molecule has 0 bridgehead atoms. The highest BCUT2D eigenvalue weighted by Crippen LogP contribution is 2.17. The smallest absolute Gasteiger partial charge is 0.169 e. The maximum atomic E-state index is 11.1. The Morgan fingerprint density at radius 1 is 1.30 bits per heavy atom. The van der Waals surface area contributed by atoms with Crippen LogP contribution >= 0.6 is 15.9 Å². The monoisotopic (exact) mass is 202 g/mol. The van der Waals surface area contributed by atoms with E-state index < -0.39 is 0 Å². The van der Waals surface area contributed by atoms with E-state index in [1.54, 1.807) is 0 Å².